The lowest BCUT2D eigenvalue weighted by Crippen LogP contribution is -2.61. The molecule has 3 aliphatic rings. The van der Waals surface area contributed by atoms with Crippen LogP contribution in [0.25, 0.3) is 0 Å². The van der Waals surface area contributed by atoms with Gasteiger partial charge < -0.3 is 33.2 Å². The minimum atomic E-state index is -0.650. The summed E-state index contributed by atoms with van der Waals surface area (Å²) in [6, 6.07) is 30.5. The molecule has 0 saturated carbocycles. The van der Waals surface area contributed by atoms with E-state index < -0.39 is 11.9 Å². The number of fused-ring (bicyclic) bond motifs is 2. The maximum Gasteiger partial charge on any atom is 0.163 e. The van der Waals surface area contributed by atoms with Gasteiger partial charge in [0.25, 0.3) is 0 Å². The van der Waals surface area contributed by atoms with Gasteiger partial charge in [0.2, 0.25) is 0 Å². The molecule has 0 spiro atoms. The molecule has 0 radical (unpaired) electrons. The van der Waals surface area contributed by atoms with Crippen LogP contribution in [0.5, 0.6) is 0 Å². The van der Waals surface area contributed by atoms with Gasteiger partial charge in [-0.25, -0.2) is 0 Å². The van der Waals surface area contributed by atoms with Crippen molar-refractivity contribution in [3.05, 3.63) is 108 Å². The van der Waals surface area contributed by atoms with E-state index in [2.05, 4.69) is 36.4 Å². The maximum absolute atomic E-state index is 6.78. The maximum atomic E-state index is 6.78. The SMILES string of the molecule is CC1(C)O[C@H]2C[C@@H]3O[C@H](COCc4ccccc4)[C@@H](OCc4ccccc4)[C@H](OCc4ccccc4)[C@H]3OC[C@H]2O1. The van der Waals surface area contributed by atoms with Crippen molar-refractivity contribution >= 4 is 0 Å². The fourth-order valence-electron chi connectivity index (χ4n) is 5.99. The van der Waals surface area contributed by atoms with Crippen LogP contribution in [0.4, 0.5) is 0 Å². The zero-order valence-corrected chi connectivity index (χ0v) is 23.8. The van der Waals surface area contributed by atoms with Crippen molar-refractivity contribution in [1.29, 1.82) is 0 Å². The minimum absolute atomic E-state index is 0.123. The van der Waals surface area contributed by atoms with E-state index in [9.17, 15) is 0 Å². The fraction of sp³-hybridized carbons (Fsp3) is 0.471. The molecule has 41 heavy (non-hydrogen) atoms. The summed E-state index contributed by atoms with van der Waals surface area (Å²) in [6.45, 7) is 6.01. The van der Waals surface area contributed by atoms with E-state index in [1.807, 2.05) is 68.4 Å². The molecule has 7 atom stereocenters. The highest BCUT2D eigenvalue weighted by Gasteiger charge is 2.53. The van der Waals surface area contributed by atoms with Crippen molar-refractivity contribution in [1.82, 2.24) is 0 Å². The second-order valence-corrected chi connectivity index (χ2v) is 11.5. The van der Waals surface area contributed by atoms with Gasteiger partial charge in [-0.1, -0.05) is 91.0 Å². The molecule has 0 aromatic heterocycles. The second-order valence-electron chi connectivity index (χ2n) is 11.5. The number of ether oxygens (including phenoxy) is 7. The minimum Gasteiger partial charge on any atom is -0.374 e. The topological polar surface area (TPSA) is 64.6 Å². The number of benzene rings is 3. The lowest BCUT2D eigenvalue weighted by molar-refractivity contribution is -0.274. The van der Waals surface area contributed by atoms with Crippen molar-refractivity contribution in [3.8, 4) is 0 Å². The van der Waals surface area contributed by atoms with E-state index in [0.29, 0.717) is 39.5 Å². The molecule has 0 N–H and O–H groups in total. The molecule has 3 heterocycles. The van der Waals surface area contributed by atoms with E-state index in [1.165, 1.54) is 0 Å². The summed E-state index contributed by atoms with van der Waals surface area (Å²) in [5.74, 6) is -0.650. The van der Waals surface area contributed by atoms with E-state index in [-0.39, 0.29) is 36.6 Å². The third kappa shape index (κ3) is 7.24. The van der Waals surface area contributed by atoms with Crippen molar-refractivity contribution in [2.24, 2.45) is 0 Å². The standard InChI is InChI=1S/C34H40O7/c1-34(2)40-27-18-28-31(38-23-29(27)41-34)33(37-21-26-16-10-5-11-17-26)32(36-20-25-14-8-4-9-15-25)30(39-28)22-35-19-24-12-6-3-7-13-24/h3-17,27-33H,18-23H2,1-2H3/t27-,28-,29+,30+,31-,32+,33+/m0/s1. The van der Waals surface area contributed by atoms with Crippen LogP contribution in [0.3, 0.4) is 0 Å². The largest absolute Gasteiger partial charge is 0.374 e. The number of rotatable bonds is 10. The van der Waals surface area contributed by atoms with E-state index >= 15 is 0 Å². The van der Waals surface area contributed by atoms with Crippen LogP contribution in [-0.2, 0) is 53.0 Å². The number of hydrogen-bond acceptors (Lipinski definition) is 7. The highest BCUT2D eigenvalue weighted by atomic mass is 16.8. The van der Waals surface area contributed by atoms with Crippen LogP contribution in [0.2, 0.25) is 0 Å². The van der Waals surface area contributed by atoms with Crippen LogP contribution in [0, 0.1) is 0 Å². The second kappa shape index (κ2) is 13.1. The molecule has 0 unspecified atom stereocenters. The Morgan fingerprint density at radius 1 is 0.659 bits per heavy atom. The van der Waals surface area contributed by atoms with Gasteiger partial charge in [-0.2, -0.15) is 0 Å². The summed E-state index contributed by atoms with van der Waals surface area (Å²) in [5.41, 5.74) is 3.29. The first kappa shape index (κ1) is 28.5. The lowest BCUT2D eigenvalue weighted by atomic mass is 9.91. The third-order valence-electron chi connectivity index (χ3n) is 7.90. The normalized spacial score (nSPS) is 30.7. The molecule has 218 valence electrons. The molecule has 3 fully saturated rings. The predicted molar refractivity (Wildman–Crippen MR) is 153 cm³/mol. The number of hydrogen-bond donors (Lipinski definition) is 0. The molecule has 3 aliphatic heterocycles. The van der Waals surface area contributed by atoms with Gasteiger partial charge in [0, 0.05) is 6.42 Å². The molecule has 0 bridgehead atoms. The quantitative estimate of drug-likeness (QED) is 0.327. The van der Waals surface area contributed by atoms with E-state index in [4.69, 9.17) is 33.2 Å². The molecule has 6 rings (SSSR count). The van der Waals surface area contributed by atoms with Crippen molar-refractivity contribution in [2.75, 3.05) is 13.2 Å². The Kier molecular flexibility index (Phi) is 9.13. The highest BCUT2D eigenvalue weighted by molar-refractivity contribution is 5.15. The summed E-state index contributed by atoms with van der Waals surface area (Å²) < 4.78 is 45.3. The summed E-state index contributed by atoms with van der Waals surface area (Å²) in [7, 11) is 0. The monoisotopic (exact) mass is 560 g/mol. The van der Waals surface area contributed by atoms with Gasteiger partial charge in [-0.05, 0) is 30.5 Å². The zero-order chi connectivity index (χ0) is 28.1. The van der Waals surface area contributed by atoms with Crippen LogP contribution >= 0.6 is 0 Å². The Labute approximate surface area is 242 Å². The van der Waals surface area contributed by atoms with Crippen LogP contribution in [0.15, 0.2) is 91.0 Å². The van der Waals surface area contributed by atoms with Gasteiger partial charge in [0.05, 0.1) is 45.2 Å². The first-order valence-corrected chi connectivity index (χ1v) is 14.6. The van der Waals surface area contributed by atoms with Gasteiger partial charge in [-0.3, -0.25) is 0 Å². The highest BCUT2D eigenvalue weighted by Crippen LogP contribution is 2.39. The van der Waals surface area contributed by atoms with Gasteiger partial charge in [0.1, 0.15) is 30.5 Å². The molecule has 7 nitrogen and oxygen atoms in total. The molecule has 3 saturated heterocycles. The lowest BCUT2D eigenvalue weighted by Gasteiger charge is -2.46. The molecular formula is C34H40O7. The van der Waals surface area contributed by atoms with Gasteiger partial charge in [-0.15, -0.1) is 0 Å². The van der Waals surface area contributed by atoms with Gasteiger partial charge in [0.15, 0.2) is 5.79 Å². The smallest absolute Gasteiger partial charge is 0.163 e. The fourth-order valence-corrected chi connectivity index (χ4v) is 5.99. The van der Waals surface area contributed by atoms with Gasteiger partial charge >= 0.3 is 0 Å². The summed E-state index contributed by atoms with van der Waals surface area (Å²) in [4.78, 5) is 0. The summed E-state index contributed by atoms with van der Waals surface area (Å²) >= 11 is 0. The molecule has 0 amide bonds. The first-order valence-electron chi connectivity index (χ1n) is 14.6. The molecule has 7 heteroatoms. The Bertz CT molecular complexity index is 1210. The molecule has 3 aromatic rings. The average Bonchev–Trinajstić information content (AvgIpc) is 3.19. The van der Waals surface area contributed by atoms with Crippen LogP contribution < -0.4 is 0 Å². The summed E-state index contributed by atoms with van der Waals surface area (Å²) in [5, 5.41) is 0. The molecule has 0 aliphatic carbocycles. The van der Waals surface area contributed by atoms with Crippen LogP contribution in [-0.4, -0.2) is 61.7 Å². The predicted octanol–water partition coefficient (Wildman–Crippen LogP) is 5.45. The Morgan fingerprint density at radius 2 is 1.20 bits per heavy atom. The van der Waals surface area contributed by atoms with Crippen LogP contribution in [0.1, 0.15) is 37.0 Å². The molecular weight excluding hydrogens is 520 g/mol. The Morgan fingerprint density at radius 3 is 1.80 bits per heavy atom. The zero-order valence-electron chi connectivity index (χ0n) is 23.8. The van der Waals surface area contributed by atoms with Crippen molar-refractivity contribution in [2.45, 2.75) is 88.6 Å². The average molecular weight is 561 g/mol. The van der Waals surface area contributed by atoms with Crippen molar-refractivity contribution < 1.29 is 33.2 Å². The third-order valence-corrected chi connectivity index (χ3v) is 7.90. The summed E-state index contributed by atoms with van der Waals surface area (Å²) in [6.07, 6.45) is -1.39. The first-order chi connectivity index (χ1) is 20.0. The Balaban J connectivity index is 1.25. The van der Waals surface area contributed by atoms with Crippen molar-refractivity contribution in [3.63, 3.8) is 0 Å². The Hall–Kier alpha value is -2.62. The molecule has 3 aromatic carbocycles. The van der Waals surface area contributed by atoms with E-state index in [0.717, 1.165) is 16.7 Å². The van der Waals surface area contributed by atoms with E-state index in [1.54, 1.807) is 0 Å².